The molecule has 0 aromatic heterocycles. The maximum atomic E-state index is 13.3. The molecule has 1 aliphatic rings. The molecule has 1 aliphatic carbocycles. The van der Waals surface area contributed by atoms with E-state index in [1.807, 2.05) is 6.07 Å². The summed E-state index contributed by atoms with van der Waals surface area (Å²) in [5.41, 5.74) is 2.62. The topological polar surface area (TPSA) is 46.2 Å². The van der Waals surface area contributed by atoms with Crippen LogP contribution in [0.5, 0.6) is 0 Å². The number of hydrogen-bond acceptors (Lipinski definition) is 2. The van der Waals surface area contributed by atoms with Gasteiger partial charge in [0.1, 0.15) is 0 Å². The molecule has 1 atom stereocenters. The van der Waals surface area contributed by atoms with Gasteiger partial charge in [-0.05, 0) is 67.1 Å². The van der Waals surface area contributed by atoms with Crippen LogP contribution in [0.15, 0.2) is 41.3 Å². The monoisotopic (exact) mass is 337 g/mol. The van der Waals surface area contributed by atoms with E-state index >= 15 is 0 Å². The van der Waals surface area contributed by atoms with Gasteiger partial charge in [-0.2, -0.15) is 0 Å². The Morgan fingerprint density at radius 1 is 1.00 bits per heavy atom. The van der Waals surface area contributed by atoms with Crippen LogP contribution in [0.2, 0.25) is 0 Å². The lowest BCUT2D eigenvalue weighted by Crippen LogP contribution is -2.27. The zero-order valence-corrected chi connectivity index (χ0v) is 13.5. The molecular formula is C17H17F2NO2S. The highest BCUT2D eigenvalue weighted by Crippen LogP contribution is 2.26. The Morgan fingerprint density at radius 2 is 1.74 bits per heavy atom. The van der Waals surface area contributed by atoms with E-state index in [1.54, 1.807) is 19.1 Å². The highest BCUT2D eigenvalue weighted by molar-refractivity contribution is 7.89. The summed E-state index contributed by atoms with van der Waals surface area (Å²) >= 11 is 0. The van der Waals surface area contributed by atoms with Crippen molar-refractivity contribution >= 4 is 10.0 Å². The number of rotatable bonds is 4. The molecule has 0 fully saturated rings. The SMILES string of the molecule is C[C@@H](NS(=O)(=O)c1ccc2c(c1)CCC2)c1ccc(F)c(F)c1. The fourth-order valence-electron chi connectivity index (χ4n) is 2.87. The first-order chi connectivity index (χ1) is 10.9. The van der Waals surface area contributed by atoms with Gasteiger partial charge in [0, 0.05) is 6.04 Å². The Kier molecular flexibility index (Phi) is 4.21. The molecule has 0 spiro atoms. The van der Waals surface area contributed by atoms with Gasteiger partial charge in [-0.25, -0.2) is 21.9 Å². The zero-order chi connectivity index (χ0) is 16.6. The van der Waals surface area contributed by atoms with Gasteiger partial charge in [-0.15, -0.1) is 0 Å². The van der Waals surface area contributed by atoms with Crippen molar-refractivity contribution in [3.05, 3.63) is 64.7 Å². The molecule has 0 bridgehead atoms. The molecule has 122 valence electrons. The Hall–Kier alpha value is -1.79. The Morgan fingerprint density at radius 3 is 2.48 bits per heavy atom. The maximum Gasteiger partial charge on any atom is 0.241 e. The number of hydrogen-bond donors (Lipinski definition) is 1. The molecule has 23 heavy (non-hydrogen) atoms. The van der Waals surface area contributed by atoms with E-state index < -0.39 is 27.7 Å². The number of benzene rings is 2. The van der Waals surface area contributed by atoms with E-state index in [9.17, 15) is 17.2 Å². The van der Waals surface area contributed by atoms with E-state index in [0.717, 1.165) is 37.0 Å². The summed E-state index contributed by atoms with van der Waals surface area (Å²) in [5.74, 6) is -1.95. The van der Waals surface area contributed by atoms with Gasteiger partial charge in [0.15, 0.2) is 11.6 Å². The number of aryl methyl sites for hydroxylation is 2. The number of halogens is 2. The molecule has 2 aromatic carbocycles. The lowest BCUT2D eigenvalue weighted by atomic mass is 10.1. The molecule has 0 unspecified atom stereocenters. The van der Waals surface area contributed by atoms with Gasteiger partial charge < -0.3 is 0 Å². The fourth-order valence-corrected chi connectivity index (χ4v) is 4.15. The molecular weight excluding hydrogens is 320 g/mol. The molecule has 2 aromatic rings. The highest BCUT2D eigenvalue weighted by atomic mass is 32.2. The van der Waals surface area contributed by atoms with Crippen LogP contribution in [0.3, 0.4) is 0 Å². The van der Waals surface area contributed by atoms with Crippen LogP contribution in [0, 0.1) is 11.6 Å². The molecule has 0 saturated heterocycles. The molecule has 0 radical (unpaired) electrons. The lowest BCUT2D eigenvalue weighted by Gasteiger charge is -2.15. The summed E-state index contributed by atoms with van der Waals surface area (Å²) in [5, 5.41) is 0. The van der Waals surface area contributed by atoms with Crippen molar-refractivity contribution in [2.24, 2.45) is 0 Å². The van der Waals surface area contributed by atoms with Crippen molar-refractivity contribution in [3.63, 3.8) is 0 Å². The van der Waals surface area contributed by atoms with Crippen molar-refractivity contribution in [3.8, 4) is 0 Å². The third-order valence-electron chi connectivity index (χ3n) is 4.16. The summed E-state index contributed by atoms with van der Waals surface area (Å²) in [6.45, 7) is 1.59. The summed E-state index contributed by atoms with van der Waals surface area (Å²) in [6, 6.07) is 7.83. The molecule has 0 heterocycles. The standard InChI is InChI=1S/C17H17F2NO2S/c1-11(13-6-8-16(18)17(19)10-13)20-23(21,22)15-7-5-12-3-2-4-14(12)9-15/h5-11,20H,2-4H2,1H3/t11-/m1/s1. The average molecular weight is 337 g/mol. The minimum Gasteiger partial charge on any atom is -0.207 e. The van der Waals surface area contributed by atoms with Crippen LogP contribution in [0.1, 0.15) is 36.1 Å². The Labute approximate surface area is 134 Å². The summed E-state index contributed by atoms with van der Waals surface area (Å²) < 4.78 is 53.8. The first-order valence-corrected chi connectivity index (χ1v) is 8.94. The second-order valence-corrected chi connectivity index (χ2v) is 7.51. The van der Waals surface area contributed by atoms with Crippen molar-refractivity contribution in [2.75, 3.05) is 0 Å². The molecule has 0 aliphatic heterocycles. The summed E-state index contributed by atoms with van der Waals surface area (Å²) in [6.07, 6.45) is 2.91. The predicted molar refractivity (Wildman–Crippen MR) is 83.6 cm³/mol. The minimum absolute atomic E-state index is 0.201. The van der Waals surface area contributed by atoms with Crippen molar-refractivity contribution < 1.29 is 17.2 Å². The van der Waals surface area contributed by atoms with Crippen LogP contribution in [0.25, 0.3) is 0 Å². The molecule has 3 rings (SSSR count). The largest absolute Gasteiger partial charge is 0.241 e. The third-order valence-corrected chi connectivity index (χ3v) is 5.69. The zero-order valence-electron chi connectivity index (χ0n) is 12.6. The highest BCUT2D eigenvalue weighted by Gasteiger charge is 2.21. The van der Waals surface area contributed by atoms with Crippen molar-refractivity contribution in [1.82, 2.24) is 4.72 Å². The van der Waals surface area contributed by atoms with Crippen molar-refractivity contribution in [2.45, 2.75) is 37.1 Å². The average Bonchev–Trinajstić information content (AvgIpc) is 2.97. The fraction of sp³-hybridized carbons (Fsp3) is 0.294. The lowest BCUT2D eigenvalue weighted by molar-refractivity contribution is 0.504. The second-order valence-electron chi connectivity index (χ2n) is 5.80. The van der Waals surface area contributed by atoms with E-state index in [1.165, 1.54) is 11.6 Å². The molecule has 0 amide bonds. The first kappa shape index (κ1) is 16.1. The normalized spacial score (nSPS) is 15.4. The third kappa shape index (κ3) is 3.28. The molecule has 0 saturated carbocycles. The molecule has 6 heteroatoms. The quantitative estimate of drug-likeness (QED) is 0.928. The maximum absolute atomic E-state index is 13.3. The molecule has 1 N–H and O–H groups in total. The first-order valence-electron chi connectivity index (χ1n) is 7.46. The van der Waals surface area contributed by atoms with E-state index in [2.05, 4.69) is 4.72 Å². The smallest absolute Gasteiger partial charge is 0.207 e. The van der Waals surface area contributed by atoms with Gasteiger partial charge in [0.05, 0.1) is 4.90 Å². The van der Waals surface area contributed by atoms with Crippen LogP contribution >= 0.6 is 0 Å². The Balaban J connectivity index is 1.84. The van der Waals surface area contributed by atoms with Gasteiger partial charge in [0.2, 0.25) is 10.0 Å². The number of nitrogens with one attached hydrogen (secondary N) is 1. The van der Waals surface area contributed by atoms with E-state index in [0.29, 0.717) is 5.56 Å². The van der Waals surface area contributed by atoms with Crippen LogP contribution < -0.4 is 4.72 Å². The predicted octanol–water partition coefficient (Wildman–Crippen LogP) is 3.49. The van der Waals surface area contributed by atoms with Gasteiger partial charge in [0.25, 0.3) is 0 Å². The van der Waals surface area contributed by atoms with E-state index in [4.69, 9.17) is 0 Å². The van der Waals surface area contributed by atoms with Gasteiger partial charge >= 0.3 is 0 Å². The Bertz CT molecular complexity index is 850. The van der Waals surface area contributed by atoms with Crippen LogP contribution in [-0.2, 0) is 22.9 Å². The second kappa shape index (κ2) is 6.02. The summed E-state index contributed by atoms with van der Waals surface area (Å²) in [4.78, 5) is 0.201. The minimum atomic E-state index is -3.72. The van der Waals surface area contributed by atoms with Crippen LogP contribution in [-0.4, -0.2) is 8.42 Å². The van der Waals surface area contributed by atoms with Gasteiger partial charge in [-0.1, -0.05) is 12.1 Å². The number of sulfonamides is 1. The number of fused-ring (bicyclic) bond motifs is 1. The van der Waals surface area contributed by atoms with E-state index in [-0.39, 0.29) is 4.90 Å². The van der Waals surface area contributed by atoms with Crippen LogP contribution in [0.4, 0.5) is 8.78 Å². The summed E-state index contributed by atoms with van der Waals surface area (Å²) in [7, 11) is -3.72. The molecule has 3 nitrogen and oxygen atoms in total. The van der Waals surface area contributed by atoms with Crippen molar-refractivity contribution in [1.29, 1.82) is 0 Å². The van der Waals surface area contributed by atoms with Gasteiger partial charge in [-0.3, -0.25) is 0 Å².